The molecule has 0 amide bonds. The summed E-state index contributed by atoms with van der Waals surface area (Å²) in [4.78, 5) is 22.6. The van der Waals surface area contributed by atoms with Crippen molar-refractivity contribution < 1.29 is 14.7 Å². The fraction of sp³-hybridized carbons (Fsp3) is 0.478. The maximum absolute atomic E-state index is 12.1. The van der Waals surface area contributed by atoms with E-state index in [9.17, 15) is 9.59 Å². The van der Waals surface area contributed by atoms with E-state index >= 15 is 0 Å². The van der Waals surface area contributed by atoms with Crippen molar-refractivity contribution >= 4 is 11.8 Å². The second-order valence-corrected chi connectivity index (χ2v) is 7.22. The molecule has 0 aliphatic heterocycles. The molecule has 1 aromatic carbocycles. The topological polar surface area (TPSA) is 54.4 Å². The SMILES string of the molecule is Cc1ccc(CC/C=C/C2CCC(=O)[C@@H]2C/C=C\CCCC(=O)O)cc1. The molecule has 1 N–H and O–H groups in total. The average Bonchev–Trinajstić information content (AvgIpc) is 2.96. The van der Waals surface area contributed by atoms with Crippen LogP contribution in [0.2, 0.25) is 0 Å². The van der Waals surface area contributed by atoms with Gasteiger partial charge in [0, 0.05) is 18.8 Å². The van der Waals surface area contributed by atoms with Gasteiger partial charge in [0.15, 0.2) is 0 Å². The summed E-state index contributed by atoms with van der Waals surface area (Å²) in [5, 5.41) is 8.62. The summed E-state index contributed by atoms with van der Waals surface area (Å²) in [5.41, 5.74) is 2.64. The molecule has 26 heavy (non-hydrogen) atoms. The van der Waals surface area contributed by atoms with E-state index in [2.05, 4.69) is 49.4 Å². The molecule has 0 heterocycles. The van der Waals surface area contributed by atoms with Gasteiger partial charge in [0.05, 0.1) is 0 Å². The van der Waals surface area contributed by atoms with Crippen LogP contribution < -0.4 is 0 Å². The first-order valence-electron chi connectivity index (χ1n) is 9.68. The number of carbonyl (C=O) groups is 2. The molecule has 3 nitrogen and oxygen atoms in total. The Bertz CT molecular complexity index is 640. The van der Waals surface area contributed by atoms with E-state index in [4.69, 9.17) is 5.11 Å². The molecule has 2 rings (SSSR count). The first-order valence-corrected chi connectivity index (χ1v) is 9.68. The summed E-state index contributed by atoms with van der Waals surface area (Å²) in [6, 6.07) is 8.65. The molecule has 1 aromatic rings. The number of benzene rings is 1. The third-order valence-electron chi connectivity index (χ3n) is 5.08. The molecule has 0 radical (unpaired) electrons. The second-order valence-electron chi connectivity index (χ2n) is 7.22. The van der Waals surface area contributed by atoms with Gasteiger partial charge in [-0.05, 0) is 56.9 Å². The standard InChI is InChI=1S/C23H30O3/c1-18-12-14-19(15-13-18)8-6-7-9-20-16-17-22(24)21(20)10-4-2-3-5-11-23(25)26/h2,4,7,9,12-15,20-21H,3,5-6,8,10-11,16-17H2,1H3,(H,25,26)/b4-2-,9-7+/t20?,21-/m1/s1. The number of hydrogen-bond donors (Lipinski definition) is 1. The molecule has 0 bridgehead atoms. The van der Waals surface area contributed by atoms with Crippen LogP contribution >= 0.6 is 0 Å². The van der Waals surface area contributed by atoms with Crippen LogP contribution in [-0.2, 0) is 16.0 Å². The third-order valence-corrected chi connectivity index (χ3v) is 5.08. The van der Waals surface area contributed by atoms with Crippen molar-refractivity contribution in [3.8, 4) is 0 Å². The lowest BCUT2D eigenvalue weighted by atomic mass is 9.91. The largest absolute Gasteiger partial charge is 0.481 e. The molecule has 0 saturated heterocycles. The average molecular weight is 354 g/mol. The monoisotopic (exact) mass is 354 g/mol. The van der Waals surface area contributed by atoms with Crippen molar-refractivity contribution in [2.24, 2.45) is 11.8 Å². The first-order chi connectivity index (χ1) is 12.6. The smallest absolute Gasteiger partial charge is 0.303 e. The molecule has 2 atom stereocenters. The lowest BCUT2D eigenvalue weighted by Gasteiger charge is -2.12. The van der Waals surface area contributed by atoms with E-state index in [1.807, 2.05) is 6.08 Å². The zero-order chi connectivity index (χ0) is 18.8. The van der Waals surface area contributed by atoms with Gasteiger partial charge in [-0.1, -0.05) is 54.1 Å². The van der Waals surface area contributed by atoms with E-state index < -0.39 is 5.97 Å². The zero-order valence-electron chi connectivity index (χ0n) is 15.7. The summed E-state index contributed by atoms with van der Waals surface area (Å²) in [7, 11) is 0. The minimum atomic E-state index is -0.750. The fourth-order valence-electron chi connectivity index (χ4n) is 3.48. The molecule has 3 heteroatoms. The van der Waals surface area contributed by atoms with Crippen molar-refractivity contribution in [3.63, 3.8) is 0 Å². The van der Waals surface area contributed by atoms with Crippen LogP contribution in [0, 0.1) is 18.8 Å². The summed E-state index contributed by atoms with van der Waals surface area (Å²) in [5.74, 6) is 0.0686. The summed E-state index contributed by atoms with van der Waals surface area (Å²) < 4.78 is 0. The highest BCUT2D eigenvalue weighted by Crippen LogP contribution is 2.32. The van der Waals surface area contributed by atoms with Crippen LogP contribution in [-0.4, -0.2) is 16.9 Å². The van der Waals surface area contributed by atoms with Crippen LogP contribution in [0.4, 0.5) is 0 Å². The summed E-state index contributed by atoms with van der Waals surface area (Å²) >= 11 is 0. The number of unbranched alkanes of at least 4 members (excludes halogenated alkanes) is 1. The van der Waals surface area contributed by atoms with Crippen molar-refractivity contribution in [2.75, 3.05) is 0 Å². The Labute approximate surface area is 156 Å². The number of carboxylic acids is 1. The number of carboxylic acid groups (broad SMARTS) is 1. The highest BCUT2D eigenvalue weighted by Gasteiger charge is 2.31. The zero-order valence-corrected chi connectivity index (χ0v) is 15.7. The lowest BCUT2D eigenvalue weighted by molar-refractivity contribution is -0.137. The van der Waals surface area contributed by atoms with E-state index in [0.717, 1.165) is 32.1 Å². The molecule has 0 spiro atoms. The Balaban J connectivity index is 1.74. The number of carbonyl (C=O) groups excluding carboxylic acids is 1. The molecule has 1 fully saturated rings. The number of aliphatic carboxylic acids is 1. The second kappa shape index (κ2) is 10.7. The van der Waals surface area contributed by atoms with Crippen LogP contribution in [0.15, 0.2) is 48.6 Å². The summed E-state index contributed by atoms with van der Waals surface area (Å²) in [6.45, 7) is 2.10. The Morgan fingerprint density at radius 1 is 1.15 bits per heavy atom. The normalized spacial score (nSPS) is 20.4. The molecule has 0 aromatic heterocycles. The number of hydrogen-bond acceptors (Lipinski definition) is 2. The minimum absolute atomic E-state index is 0.0985. The Hall–Kier alpha value is -2.16. The molecular weight excluding hydrogens is 324 g/mol. The van der Waals surface area contributed by atoms with E-state index in [1.54, 1.807) is 0 Å². The van der Waals surface area contributed by atoms with Gasteiger partial charge in [-0.25, -0.2) is 0 Å². The lowest BCUT2D eigenvalue weighted by Crippen LogP contribution is -2.12. The third kappa shape index (κ3) is 6.99. The van der Waals surface area contributed by atoms with Crippen LogP contribution in [0.3, 0.4) is 0 Å². The Morgan fingerprint density at radius 2 is 1.92 bits per heavy atom. The number of aryl methyl sites for hydroxylation is 2. The number of allylic oxidation sites excluding steroid dienone is 4. The maximum atomic E-state index is 12.1. The molecular formula is C23H30O3. The number of Topliss-reactive ketones (excluding diaryl/α,β-unsaturated/α-hetero) is 1. The molecule has 1 unspecified atom stereocenters. The quantitative estimate of drug-likeness (QED) is 0.459. The van der Waals surface area contributed by atoms with E-state index in [1.165, 1.54) is 11.1 Å². The van der Waals surface area contributed by atoms with Crippen LogP contribution in [0.5, 0.6) is 0 Å². The van der Waals surface area contributed by atoms with Crippen LogP contribution in [0.1, 0.15) is 56.1 Å². The maximum Gasteiger partial charge on any atom is 0.303 e. The minimum Gasteiger partial charge on any atom is -0.481 e. The molecule has 1 aliphatic carbocycles. The summed E-state index contributed by atoms with van der Waals surface area (Å²) in [6.07, 6.45) is 14.6. The van der Waals surface area contributed by atoms with Gasteiger partial charge in [0.25, 0.3) is 0 Å². The van der Waals surface area contributed by atoms with Crippen molar-refractivity contribution in [3.05, 3.63) is 59.7 Å². The highest BCUT2D eigenvalue weighted by molar-refractivity contribution is 5.83. The highest BCUT2D eigenvalue weighted by atomic mass is 16.4. The Kier molecular flexibility index (Phi) is 8.33. The van der Waals surface area contributed by atoms with Crippen molar-refractivity contribution in [2.45, 2.75) is 58.3 Å². The van der Waals surface area contributed by atoms with Gasteiger partial charge in [0.2, 0.25) is 0 Å². The van der Waals surface area contributed by atoms with Gasteiger partial charge in [-0.2, -0.15) is 0 Å². The first kappa shape index (κ1) is 20.2. The van der Waals surface area contributed by atoms with Gasteiger partial charge < -0.3 is 5.11 Å². The predicted octanol–water partition coefficient (Wildman–Crippen LogP) is 5.28. The molecule has 140 valence electrons. The Morgan fingerprint density at radius 3 is 2.65 bits per heavy atom. The number of ketones is 1. The number of rotatable bonds is 10. The van der Waals surface area contributed by atoms with Gasteiger partial charge in [-0.3, -0.25) is 9.59 Å². The van der Waals surface area contributed by atoms with Gasteiger partial charge in [0.1, 0.15) is 5.78 Å². The molecule has 1 saturated carbocycles. The molecule has 1 aliphatic rings. The fourth-order valence-corrected chi connectivity index (χ4v) is 3.48. The van der Waals surface area contributed by atoms with Crippen molar-refractivity contribution in [1.82, 2.24) is 0 Å². The van der Waals surface area contributed by atoms with Gasteiger partial charge in [-0.15, -0.1) is 0 Å². The van der Waals surface area contributed by atoms with Crippen molar-refractivity contribution in [1.29, 1.82) is 0 Å². The predicted molar refractivity (Wildman–Crippen MR) is 105 cm³/mol. The van der Waals surface area contributed by atoms with Crippen LogP contribution in [0.25, 0.3) is 0 Å². The van der Waals surface area contributed by atoms with E-state index in [-0.39, 0.29) is 12.3 Å². The van der Waals surface area contributed by atoms with E-state index in [0.29, 0.717) is 24.5 Å². The van der Waals surface area contributed by atoms with Gasteiger partial charge >= 0.3 is 5.97 Å².